The molecule has 0 spiro atoms. The van der Waals surface area contributed by atoms with Crippen molar-refractivity contribution in [3.05, 3.63) is 0 Å². The number of hydrogen-bond donors (Lipinski definition) is 3. The van der Waals surface area contributed by atoms with E-state index in [1.807, 2.05) is 0 Å². The summed E-state index contributed by atoms with van der Waals surface area (Å²) < 4.78 is 0. The number of carbonyl (C=O) groups is 2. The molecule has 2 atom stereocenters. The van der Waals surface area contributed by atoms with Crippen LogP contribution in [0, 0.1) is 0 Å². The number of rotatable bonds is 3. The SMILES string of the molecule is Cl.O=C1CC[C@H](C(=O)NCC2CCCN2)N1. The fourth-order valence-corrected chi connectivity index (χ4v) is 2.09. The smallest absolute Gasteiger partial charge is 0.242 e. The van der Waals surface area contributed by atoms with Gasteiger partial charge in [-0.05, 0) is 25.8 Å². The predicted molar refractivity (Wildman–Crippen MR) is 62.4 cm³/mol. The van der Waals surface area contributed by atoms with Crippen LogP contribution in [-0.4, -0.2) is 37.0 Å². The third-order valence-corrected chi connectivity index (χ3v) is 3.00. The van der Waals surface area contributed by atoms with Crippen molar-refractivity contribution >= 4 is 24.2 Å². The van der Waals surface area contributed by atoms with Crippen molar-refractivity contribution in [3.63, 3.8) is 0 Å². The molecule has 0 aromatic carbocycles. The van der Waals surface area contributed by atoms with E-state index in [-0.39, 0.29) is 30.3 Å². The zero-order valence-electron chi connectivity index (χ0n) is 9.12. The molecule has 0 bridgehead atoms. The van der Waals surface area contributed by atoms with E-state index in [9.17, 15) is 9.59 Å². The maximum absolute atomic E-state index is 11.6. The van der Waals surface area contributed by atoms with Gasteiger partial charge in [0.05, 0.1) is 0 Å². The summed E-state index contributed by atoms with van der Waals surface area (Å²) in [5, 5.41) is 8.84. The van der Waals surface area contributed by atoms with Crippen molar-refractivity contribution in [2.45, 2.75) is 37.8 Å². The van der Waals surface area contributed by atoms with Crippen molar-refractivity contribution in [2.24, 2.45) is 0 Å². The molecule has 5 nitrogen and oxygen atoms in total. The largest absolute Gasteiger partial charge is 0.353 e. The summed E-state index contributed by atoms with van der Waals surface area (Å²) in [6.45, 7) is 1.71. The molecule has 2 amide bonds. The Morgan fingerprint density at radius 2 is 2.25 bits per heavy atom. The molecule has 6 heteroatoms. The van der Waals surface area contributed by atoms with E-state index in [2.05, 4.69) is 16.0 Å². The molecule has 0 radical (unpaired) electrons. The van der Waals surface area contributed by atoms with Gasteiger partial charge in [-0.2, -0.15) is 0 Å². The van der Waals surface area contributed by atoms with Crippen molar-refractivity contribution in [1.82, 2.24) is 16.0 Å². The van der Waals surface area contributed by atoms with Gasteiger partial charge in [0.2, 0.25) is 11.8 Å². The highest BCUT2D eigenvalue weighted by molar-refractivity contribution is 5.90. The summed E-state index contributed by atoms with van der Waals surface area (Å²) in [5.41, 5.74) is 0. The van der Waals surface area contributed by atoms with Gasteiger partial charge in [-0.25, -0.2) is 0 Å². The van der Waals surface area contributed by atoms with Crippen LogP contribution in [0.25, 0.3) is 0 Å². The minimum Gasteiger partial charge on any atom is -0.353 e. The normalized spacial score (nSPS) is 28.4. The molecule has 1 unspecified atom stereocenters. The van der Waals surface area contributed by atoms with Crippen LogP contribution >= 0.6 is 12.4 Å². The molecule has 2 aliphatic rings. The first-order chi connectivity index (χ1) is 7.25. The Balaban J connectivity index is 0.00000128. The molecule has 16 heavy (non-hydrogen) atoms. The highest BCUT2D eigenvalue weighted by Crippen LogP contribution is 2.07. The van der Waals surface area contributed by atoms with Crippen LogP contribution in [0.5, 0.6) is 0 Å². The second-order valence-electron chi connectivity index (χ2n) is 4.20. The first kappa shape index (κ1) is 13.3. The maximum atomic E-state index is 11.6. The van der Waals surface area contributed by atoms with Crippen LogP contribution in [0.4, 0.5) is 0 Å². The van der Waals surface area contributed by atoms with Gasteiger partial charge < -0.3 is 16.0 Å². The van der Waals surface area contributed by atoms with Gasteiger partial charge in [0.15, 0.2) is 0 Å². The average Bonchev–Trinajstić information content (AvgIpc) is 2.84. The second-order valence-corrected chi connectivity index (χ2v) is 4.20. The molecule has 2 rings (SSSR count). The van der Waals surface area contributed by atoms with Gasteiger partial charge in [-0.15, -0.1) is 12.4 Å². The summed E-state index contributed by atoms with van der Waals surface area (Å²) in [4.78, 5) is 22.5. The molecule has 2 fully saturated rings. The van der Waals surface area contributed by atoms with Crippen molar-refractivity contribution in [1.29, 1.82) is 0 Å². The predicted octanol–water partition coefficient (Wildman–Crippen LogP) is -0.445. The molecule has 2 aliphatic heterocycles. The maximum Gasteiger partial charge on any atom is 0.242 e. The lowest BCUT2D eigenvalue weighted by atomic mass is 10.2. The van der Waals surface area contributed by atoms with E-state index in [1.165, 1.54) is 6.42 Å². The quantitative estimate of drug-likeness (QED) is 0.633. The number of carbonyl (C=O) groups excluding carboxylic acids is 2. The molecule has 0 aromatic heterocycles. The lowest BCUT2D eigenvalue weighted by molar-refractivity contribution is -0.125. The molecule has 92 valence electrons. The lowest BCUT2D eigenvalue weighted by Crippen LogP contribution is -2.45. The van der Waals surface area contributed by atoms with Gasteiger partial charge >= 0.3 is 0 Å². The van der Waals surface area contributed by atoms with Gasteiger partial charge in [-0.1, -0.05) is 0 Å². The van der Waals surface area contributed by atoms with Crippen LogP contribution in [0.1, 0.15) is 25.7 Å². The van der Waals surface area contributed by atoms with Gasteiger partial charge in [0, 0.05) is 19.0 Å². The van der Waals surface area contributed by atoms with E-state index >= 15 is 0 Å². The molecular weight excluding hydrogens is 230 g/mol. The third kappa shape index (κ3) is 3.35. The zero-order valence-corrected chi connectivity index (χ0v) is 9.94. The molecule has 0 aromatic rings. The van der Waals surface area contributed by atoms with E-state index in [0.717, 1.165) is 13.0 Å². The minimum atomic E-state index is -0.307. The fraction of sp³-hybridized carbons (Fsp3) is 0.800. The summed E-state index contributed by atoms with van der Waals surface area (Å²) in [7, 11) is 0. The van der Waals surface area contributed by atoms with Crippen LogP contribution in [0.2, 0.25) is 0 Å². The van der Waals surface area contributed by atoms with Crippen LogP contribution in [-0.2, 0) is 9.59 Å². The molecule has 2 heterocycles. The summed E-state index contributed by atoms with van der Waals surface area (Å²) in [6.07, 6.45) is 3.40. The van der Waals surface area contributed by atoms with E-state index in [0.29, 0.717) is 25.4 Å². The zero-order chi connectivity index (χ0) is 10.7. The Hall–Kier alpha value is -0.810. The minimum absolute atomic E-state index is 0. The van der Waals surface area contributed by atoms with E-state index in [1.54, 1.807) is 0 Å². The lowest BCUT2D eigenvalue weighted by Gasteiger charge is -2.14. The Morgan fingerprint density at radius 3 is 2.81 bits per heavy atom. The Bertz CT molecular complexity index is 267. The van der Waals surface area contributed by atoms with Gasteiger partial charge in [0.25, 0.3) is 0 Å². The first-order valence-corrected chi connectivity index (χ1v) is 5.56. The number of nitrogens with one attached hydrogen (secondary N) is 3. The highest BCUT2D eigenvalue weighted by atomic mass is 35.5. The Morgan fingerprint density at radius 1 is 1.44 bits per heavy atom. The number of amides is 2. The first-order valence-electron chi connectivity index (χ1n) is 5.56. The average molecular weight is 248 g/mol. The van der Waals surface area contributed by atoms with Crippen molar-refractivity contribution < 1.29 is 9.59 Å². The Kier molecular flexibility index (Phi) is 5.02. The number of halogens is 1. The standard InChI is InChI=1S/C10H17N3O2.ClH/c14-9-4-3-8(13-9)10(15)12-6-7-2-1-5-11-7;/h7-8,11H,1-6H2,(H,12,15)(H,13,14);1H/t7?,8-;/m1./s1. The molecule has 0 saturated carbocycles. The number of hydrogen-bond acceptors (Lipinski definition) is 3. The fourth-order valence-electron chi connectivity index (χ4n) is 2.09. The van der Waals surface area contributed by atoms with Gasteiger partial charge in [0.1, 0.15) is 6.04 Å². The monoisotopic (exact) mass is 247 g/mol. The topological polar surface area (TPSA) is 70.2 Å². The third-order valence-electron chi connectivity index (χ3n) is 3.00. The summed E-state index contributed by atoms with van der Waals surface area (Å²) >= 11 is 0. The highest BCUT2D eigenvalue weighted by Gasteiger charge is 2.27. The summed E-state index contributed by atoms with van der Waals surface area (Å²) in [6, 6.07) is 0.102. The van der Waals surface area contributed by atoms with E-state index < -0.39 is 0 Å². The van der Waals surface area contributed by atoms with Crippen LogP contribution in [0.3, 0.4) is 0 Å². The summed E-state index contributed by atoms with van der Waals surface area (Å²) in [5.74, 6) is -0.0660. The Labute approximate surface area is 101 Å². The molecule has 2 saturated heterocycles. The molecule has 3 N–H and O–H groups in total. The second kappa shape index (κ2) is 6.06. The van der Waals surface area contributed by atoms with E-state index in [4.69, 9.17) is 0 Å². The van der Waals surface area contributed by atoms with Crippen molar-refractivity contribution in [3.8, 4) is 0 Å². The van der Waals surface area contributed by atoms with Crippen LogP contribution in [0.15, 0.2) is 0 Å². The van der Waals surface area contributed by atoms with Gasteiger partial charge in [-0.3, -0.25) is 9.59 Å². The van der Waals surface area contributed by atoms with Crippen LogP contribution < -0.4 is 16.0 Å². The van der Waals surface area contributed by atoms with Crippen molar-refractivity contribution in [2.75, 3.05) is 13.1 Å². The molecule has 0 aliphatic carbocycles. The molecular formula is C10H18ClN3O2.